The van der Waals surface area contributed by atoms with Gasteiger partial charge in [-0.2, -0.15) is 0 Å². The summed E-state index contributed by atoms with van der Waals surface area (Å²) in [6.45, 7) is 2.80. The van der Waals surface area contributed by atoms with Crippen molar-refractivity contribution in [2.45, 2.75) is 19.9 Å². The molecule has 0 aliphatic heterocycles. The smallest absolute Gasteiger partial charge is 0.232 e. The molecule has 5 nitrogen and oxygen atoms in total. The number of hydrogen-bond acceptors (Lipinski definition) is 5. The Morgan fingerprint density at radius 3 is 2.42 bits per heavy atom. The van der Waals surface area contributed by atoms with Gasteiger partial charge < -0.3 is 9.47 Å². The second kappa shape index (κ2) is 9.62. The summed E-state index contributed by atoms with van der Waals surface area (Å²) in [6.07, 6.45) is 0.258. The van der Waals surface area contributed by atoms with Gasteiger partial charge in [0.05, 0.1) is 31.4 Å². The Bertz CT molecular complexity index is 1160. The Morgan fingerprint density at radius 2 is 1.71 bits per heavy atom. The highest BCUT2D eigenvalue weighted by atomic mass is 32.1. The molecule has 0 aliphatic rings. The summed E-state index contributed by atoms with van der Waals surface area (Å²) < 4.78 is 12.3. The molecule has 0 atom stereocenters. The Hall–Kier alpha value is -3.38. The van der Waals surface area contributed by atoms with Crippen LogP contribution in [0.2, 0.25) is 0 Å². The van der Waals surface area contributed by atoms with Gasteiger partial charge in [-0.05, 0) is 36.2 Å². The van der Waals surface area contributed by atoms with E-state index in [1.165, 1.54) is 11.3 Å². The molecule has 0 saturated heterocycles. The van der Waals surface area contributed by atoms with Gasteiger partial charge >= 0.3 is 0 Å². The lowest BCUT2D eigenvalue weighted by atomic mass is 10.2. The Balaban J connectivity index is 1.60. The van der Waals surface area contributed by atoms with E-state index in [0.29, 0.717) is 24.0 Å². The average Bonchev–Trinajstić information content (AvgIpc) is 3.25. The van der Waals surface area contributed by atoms with Crippen LogP contribution in [0.4, 0.5) is 5.13 Å². The summed E-state index contributed by atoms with van der Waals surface area (Å²) in [5, 5.41) is 0.663. The molecule has 4 rings (SSSR count). The molecule has 1 amide bonds. The monoisotopic (exact) mass is 432 g/mol. The number of aryl methyl sites for hydroxylation is 1. The van der Waals surface area contributed by atoms with Crippen molar-refractivity contribution in [2.75, 3.05) is 18.6 Å². The summed E-state index contributed by atoms with van der Waals surface area (Å²) >= 11 is 1.51. The number of nitrogens with zero attached hydrogens (tertiary/aromatic N) is 2. The van der Waals surface area contributed by atoms with Crippen LogP contribution in [-0.4, -0.2) is 24.6 Å². The number of hydrogen-bond donors (Lipinski definition) is 0. The number of ether oxygens (including phenoxy) is 2. The van der Waals surface area contributed by atoms with E-state index in [1.54, 1.807) is 12.0 Å². The van der Waals surface area contributed by atoms with Gasteiger partial charge in [-0.3, -0.25) is 9.69 Å². The number of para-hydroxylation sites is 1. The number of benzene rings is 3. The fourth-order valence-electron chi connectivity index (χ4n) is 3.31. The van der Waals surface area contributed by atoms with Crippen LogP contribution in [0, 0.1) is 6.92 Å². The SMILES string of the molecule is COc1ccc(C)c2sc(N(Cc3ccccc3)C(=O)CCOc3ccccc3)nc12. The summed E-state index contributed by atoms with van der Waals surface area (Å²) in [4.78, 5) is 19.8. The second-order valence-corrected chi connectivity index (χ2v) is 8.11. The lowest BCUT2D eigenvalue weighted by molar-refractivity contribution is -0.119. The fraction of sp³-hybridized carbons (Fsp3) is 0.200. The van der Waals surface area contributed by atoms with Crippen LogP contribution in [0.15, 0.2) is 72.8 Å². The molecule has 0 spiro atoms. The second-order valence-electron chi connectivity index (χ2n) is 7.14. The summed E-state index contributed by atoms with van der Waals surface area (Å²) in [5.41, 5.74) is 2.94. The average molecular weight is 433 g/mol. The molecular weight excluding hydrogens is 408 g/mol. The fourth-order valence-corrected chi connectivity index (χ4v) is 4.38. The van der Waals surface area contributed by atoms with E-state index in [1.807, 2.05) is 79.7 Å². The molecule has 0 fully saturated rings. The lowest BCUT2D eigenvalue weighted by Crippen LogP contribution is -2.31. The molecule has 0 saturated carbocycles. The van der Waals surface area contributed by atoms with Gasteiger partial charge in [0.2, 0.25) is 5.91 Å². The third-order valence-corrected chi connectivity index (χ3v) is 6.17. The van der Waals surface area contributed by atoms with Crippen LogP contribution in [0.1, 0.15) is 17.5 Å². The van der Waals surface area contributed by atoms with Gasteiger partial charge in [0.15, 0.2) is 5.13 Å². The van der Waals surface area contributed by atoms with E-state index in [2.05, 4.69) is 0 Å². The number of amides is 1. The van der Waals surface area contributed by atoms with Crippen molar-refractivity contribution in [3.63, 3.8) is 0 Å². The maximum Gasteiger partial charge on any atom is 0.232 e. The number of fused-ring (bicyclic) bond motifs is 1. The number of thiazole rings is 1. The molecule has 0 aliphatic carbocycles. The van der Waals surface area contributed by atoms with Gasteiger partial charge in [-0.25, -0.2) is 4.98 Å². The predicted octanol–water partition coefficient (Wildman–Crippen LogP) is 5.62. The van der Waals surface area contributed by atoms with E-state index in [0.717, 1.165) is 27.1 Å². The van der Waals surface area contributed by atoms with Crippen molar-refractivity contribution in [1.82, 2.24) is 4.98 Å². The zero-order valence-electron chi connectivity index (χ0n) is 17.6. The zero-order valence-corrected chi connectivity index (χ0v) is 18.4. The highest BCUT2D eigenvalue weighted by Crippen LogP contribution is 2.37. The molecule has 0 radical (unpaired) electrons. The number of aromatic nitrogens is 1. The van der Waals surface area contributed by atoms with Crippen molar-refractivity contribution in [1.29, 1.82) is 0 Å². The highest BCUT2D eigenvalue weighted by molar-refractivity contribution is 7.22. The number of carbonyl (C=O) groups is 1. The predicted molar refractivity (Wildman–Crippen MR) is 125 cm³/mol. The van der Waals surface area contributed by atoms with E-state index >= 15 is 0 Å². The van der Waals surface area contributed by atoms with Gasteiger partial charge in [-0.15, -0.1) is 0 Å². The first-order valence-electron chi connectivity index (χ1n) is 10.1. The van der Waals surface area contributed by atoms with Crippen molar-refractivity contribution in [3.05, 3.63) is 83.9 Å². The van der Waals surface area contributed by atoms with E-state index < -0.39 is 0 Å². The molecule has 1 heterocycles. The third-order valence-electron chi connectivity index (χ3n) is 4.96. The minimum atomic E-state index is -0.0320. The first-order chi connectivity index (χ1) is 15.2. The molecular formula is C25H24N2O3S. The van der Waals surface area contributed by atoms with E-state index in [9.17, 15) is 4.79 Å². The minimum Gasteiger partial charge on any atom is -0.494 e. The highest BCUT2D eigenvalue weighted by Gasteiger charge is 2.22. The maximum atomic E-state index is 13.2. The number of anilines is 1. The molecule has 3 aromatic carbocycles. The van der Waals surface area contributed by atoms with Gasteiger partial charge in [0, 0.05) is 0 Å². The van der Waals surface area contributed by atoms with E-state index in [4.69, 9.17) is 14.5 Å². The lowest BCUT2D eigenvalue weighted by Gasteiger charge is -2.20. The van der Waals surface area contributed by atoms with Crippen LogP contribution in [-0.2, 0) is 11.3 Å². The standard InChI is InChI=1S/C25H24N2O3S/c1-18-13-14-21(29-2)23-24(18)31-25(26-23)27(17-19-9-5-3-6-10-19)22(28)15-16-30-20-11-7-4-8-12-20/h3-14H,15-17H2,1-2H3. The molecule has 4 aromatic rings. The minimum absolute atomic E-state index is 0.0320. The van der Waals surface area contributed by atoms with E-state index in [-0.39, 0.29) is 12.3 Å². The van der Waals surface area contributed by atoms with Gasteiger partial charge in [0.25, 0.3) is 0 Å². The summed E-state index contributed by atoms with van der Waals surface area (Å²) in [6, 6.07) is 23.4. The van der Waals surface area contributed by atoms with Crippen molar-refractivity contribution in [3.8, 4) is 11.5 Å². The topological polar surface area (TPSA) is 51.7 Å². The van der Waals surface area contributed by atoms with Crippen LogP contribution in [0.3, 0.4) is 0 Å². The number of rotatable bonds is 8. The number of carbonyl (C=O) groups excluding carboxylic acids is 1. The summed E-state index contributed by atoms with van der Waals surface area (Å²) in [7, 11) is 1.64. The van der Waals surface area contributed by atoms with Crippen LogP contribution < -0.4 is 14.4 Å². The molecule has 6 heteroatoms. The number of methoxy groups -OCH3 is 1. The first-order valence-corrected chi connectivity index (χ1v) is 10.9. The van der Waals surface area contributed by atoms with Crippen LogP contribution in [0.25, 0.3) is 10.2 Å². The van der Waals surface area contributed by atoms with Crippen molar-refractivity contribution >= 4 is 32.6 Å². The molecule has 1 aromatic heterocycles. The Morgan fingerprint density at radius 1 is 1.00 bits per heavy atom. The summed E-state index contributed by atoms with van der Waals surface area (Å²) in [5.74, 6) is 1.43. The molecule has 0 unspecified atom stereocenters. The van der Waals surface area contributed by atoms with Gasteiger partial charge in [-0.1, -0.05) is 65.9 Å². The first kappa shape index (κ1) is 20.9. The molecule has 0 bridgehead atoms. The largest absolute Gasteiger partial charge is 0.494 e. The van der Waals surface area contributed by atoms with Crippen molar-refractivity contribution < 1.29 is 14.3 Å². The van der Waals surface area contributed by atoms with Crippen LogP contribution in [0.5, 0.6) is 11.5 Å². The quantitative estimate of drug-likeness (QED) is 0.363. The maximum absolute atomic E-state index is 13.2. The normalized spacial score (nSPS) is 10.8. The Labute approximate surface area is 185 Å². The molecule has 0 N–H and O–H groups in total. The van der Waals surface area contributed by atoms with Crippen molar-refractivity contribution in [2.24, 2.45) is 0 Å². The van der Waals surface area contributed by atoms with Crippen LogP contribution >= 0.6 is 11.3 Å². The zero-order chi connectivity index (χ0) is 21.6. The Kier molecular flexibility index (Phi) is 6.48. The third kappa shape index (κ3) is 4.86. The molecule has 158 valence electrons. The van der Waals surface area contributed by atoms with Gasteiger partial charge in [0.1, 0.15) is 17.0 Å². The molecule has 31 heavy (non-hydrogen) atoms.